The van der Waals surface area contributed by atoms with Crippen LogP contribution in [0.4, 0.5) is 0 Å². The van der Waals surface area contributed by atoms with Crippen molar-refractivity contribution in [3.63, 3.8) is 0 Å². The molecule has 0 heterocycles. The zero-order valence-corrected chi connectivity index (χ0v) is 6.63. The first-order valence-corrected chi connectivity index (χ1v) is 3.38. The van der Waals surface area contributed by atoms with Crippen LogP contribution in [0.25, 0.3) is 0 Å². The molecule has 0 rings (SSSR count). The van der Waals surface area contributed by atoms with Crippen LogP contribution in [0.5, 0.6) is 0 Å². The molecule has 0 aliphatic rings. The molecule has 0 fully saturated rings. The molecule has 0 saturated carbocycles. The van der Waals surface area contributed by atoms with E-state index in [1.165, 1.54) is 6.92 Å². The molecule has 0 aliphatic carbocycles. The van der Waals surface area contributed by atoms with Gasteiger partial charge in [-0.15, -0.1) is 0 Å². The first-order chi connectivity index (χ1) is 4.54. The zero-order valence-electron chi connectivity index (χ0n) is 6.63. The van der Waals surface area contributed by atoms with Gasteiger partial charge in [0.2, 0.25) is 0 Å². The van der Waals surface area contributed by atoms with Crippen LogP contribution in [-0.2, 0) is 9.53 Å². The lowest BCUT2D eigenvalue weighted by Crippen LogP contribution is -2.21. The highest BCUT2D eigenvalue weighted by atomic mass is 16.5. The summed E-state index contributed by atoms with van der Waals surface area (Å²) < 4.78 is 4.68. The van der Waals surface area contributed by atoms with Gasteiger partial charge in [-0.1, -0.05) is 13.8 Å². The molecular weight excluding hydrogens is 132 g/mol. The molecule has 0 amide bonds. The highest BCUT2D eigenvalue weighted by Gasteiger charge is 2.09. The van der Waals surface area contributed by atoms with Gasteiger partial charge in [-0.05, 0) is 12.8 Å². The molecule has 0 unspecified atom stereocenters. The van der Waals surface area contributed by atoms with Crippen molar-refractivity contribution in [2.45, 2.75) is 26.9 Å². The Morgan fingerprint density at radius 1 is 1.50 bits per heavy atom. The molecular formula is C7H14O3. The summed E-state index contributed by atoms with van der Waals surface area (Å²) in [6.45, 7) is 5.65. The smallest absolute Gasteiger partial charge is 0.334 e. The van der Waals surface area contributed by atoms with Crippen LogP contribution < -0.4 is 0 Å². The second-order valence-electron chi connectivity index (χ2n) is 2.70. The minimum Gasteiger partial charge on any atom is -0.464 e. The van der Waals surface area contributed by atoms with E-state index in [0.29, 0.717) is 12.5 Å². The van der Waals surface area contributed by atoms with Crippen LogP contribution in [0.1, 0.15) is 20.8 Å². The van der Waals surface area contributed by atoms with Gasteiger partial charge in [0, 0.05) is 0 Å². The van der Waals surface area contributed by atoms with E-state index in [9.17, 15) is 4.79 Å². The standard InChI is InChI=1S/C7H14O3/c1-5(2)4-10-7(9)6(3)8/h5-6,8H,4H2,1-3H3/t6-/m1/s1. The summed E-state index contributed by atoms with van der Waals surface area (Å²) in [6, 6.07) is 0. The van der Waals surface area contributed by atoms with Crippen molar-refractivity contribution < 1.29 is 14.6 Å². The third-order valence-electron chi connectivity index (χ3n) is 0.900. The number of esters is 1. The van der Waals surface area contributed by atoms with Crippen molar-refractivity contribution in [2.75, 3.05) is 6.61 Å². The van der Waals surface area contributed by atoms with E-state index in [2.05, 4.69) is 4.74 Å². The minimum atomic E-state index is -1.00. The number of aliphatic hydroxyl groups excluding tert-OH is 1. The van der Waals surface area contributed by atoms with Gasteiger partial charge in [-0.3, -0.25) is 0 Å². The largest absolute Gasteiger partial charge is 0.464 e. The Kier molecular flexibility index (Phi) is 4.03. The maximum atomic E-state index is 10.6. The lowest BCUT2D eigenvalue weighted by Gasteiger charge is -2.07. The molecule has 0 aromatic heterocycles. The number of aliphatic hydroxyl groups is 1. The molecule has 3 nitrogen and oxygen atoms in total. The van der Waals surface area contributed by atoms with Gasteiger partial charge in [0.15, 0.2) is 0 Å². The number of hydrogen-bond acceptors (Lipinski definition) is 3. The molecule has 0 radical (unpaired) electrons. The Labute approximate surface area is 61.0 Å². The summed E-state index contributed by atoms with van der Waals surface area (Å²) >= 11 is 0. The maximum absolute atomic E-state index is 10.6. The van der Waals surface area contributed by atoms with Crippen LogP contribution in [0, 0.1) is 5.92 Å². The van der Waals surface area contributed by atoms with Crippen molar-refractivity contribution >= 4 is 5.97 Å². The molecule has 0 spiro atoms. The van der Waals surface area contributed by atoms with Crippen LogP contribution in [0.15, 0.2) is 0 Å². The minimum absolute atomic E-state index is 0.322. The molecule has 1 atom stereocenters. The second kappa shape index (κ2) is 4.28. The number of carbonyl (C=O) groups excluding carboxylic acids is 1. The summed E-state index contributed by atoms with van der Waals surface area (Å²) in [5, 5.41) is 8.66. The molecule has 10 heavy (non-hydrogen) atoms. The summed E-state index contributed by atoms with van der Waals surface area (Å²) in [5.74, 6) is -0.226. The summed E-state index contributed by atoms with van der Waals surface area (Å²) in [7, 11) is 0. The molecule has 0 bridgehead atoms. The fourth-order valence-corrected chi connectivity index (χ4v) is 0.369. The molecule has 0 aromatic rings. The Hall–Kier alpha value is -0.570. The van der Waals surface area contributed by atoms with E-state index in [1.54, 1.807) is 0 Å². The number of carbonyl (C=O) groups is 1. The Morgan fingerprint density at radius 2 is 2.00 bits per heavy atom. The van der Waals surface area contributed by atoms with Gasteiger partial charge >= 0.3 is 5.97 Å². The van der Waals surface area contributed by atoms with E-state index >= 15 is 0 Å². The second-order valence-corrected chi connectivity index (χ2v) is 2.70. The highest BCUT2D eigenvalue weighted by molar-refractivity contribution is 5.73. The van der Waals surface area contributed by atoms with E-state index in [1.807, 2.05) is 13.8 Å². The molecule has 60 valence electrons. The van der Waals surface area contributed by atoms with Gasteiger partial charge in [0.05, 0.1) is 6.61 Å². The van der Waals surface area contributed by atoms with Gasteiger partial charge in [0.1, 0.15) is 6.10 Å². The summed E-state index contributed by atoms with van der Waals surface area (Å²) in [6.07, 6.45) is -1.00. The molecule has 0 aliphatic heterocycles. The Balaban J connectivity index is 3.40. The van der Waals surface area contributed by atoms with Crippen LogP contribution in [-0.4, -0.2) is 23.8 Å². The molecule has 0 saturated heterocycles. The monoisotopic (exact) mass is 146 g/mol. The quantitative estimate of drug-likeness (QED) is 0.592. The fourth-order valence-electron chi connectivity index (χ4n) is 0.369. The molecule has 1 N–H and O–H groups in total. The third kappa shape index (κ3) is 4.32. The first-order valence-electron chi connectivity index (χ1n) is 3.38. The fraction of sp³-hybridized carbons (Fsp3) is 0.857. The van der Waals surface area contributed by atoms with Gasteiger partial charge in [-0.2, -0.15) is 0 Å². The van der Waals surface area contributed by atoms with Crippen molar-refractivity contribution in [1.29, 1.82) is 0 Å². The van der Waals surface area contributed by atoms with Gasteiger partial charge in [-0.25, -0.2) is 4.79 Å². The normalized spacial score (nSPS) is 13.3. The van der Waals surface area contributed by atoms with Crippen molar-refractivity contribution in [3.8, 4) is 0 Å². The summed E-state index contributed by atoms with van der Waals surface area (Å²) in [4.78, 5) is 10.6. The zero-order chi connectivity index (χ0) is 8.15. The molecule has 0 aromatic carbocycles. The van der Waals surface area contributed by atoms with Gasteiger partial charge in [0.25, 0.3) is 0 Å². The van der Waals surface area contributed by atoms with E-state index < -0.39 is 12.1 Å². The van der Waals surface area contributed by atoms with Crippen LogP contribution in [0.2, 0.25) is 0 Å². The average Bonchev–Trinajstić information content (AvgIpc) is 1.82. The SMILES string of the molecule is CC(C)COC(=O)[C@@H](C)O. The first kappa shape index (κ1) is 9.43. The van der Waals surface area contributed by atoms with Crippen molar-refractivity contribution in [3.05, 3.63) is 0 Å². The topological polar surface area (TPSA) is 46.5 Å². The van der Waals surface area contributed by atoms with Crippen molar-refractivity contribution in [1.82, 2.24) is 0 Å². The van der Waals surface area contributed by atoms with E-state index in [4.69, 9.17) is 5.11 Å². The van der Waals surface area contributed by atoms with Crippen LogP contribution in [0.3, 0.4) is 0 Å². The number of rotatable bonds is 3. The predicted octanol–water partition coefficient (Wildman–Crippen LogP) is 0.566. The van der Waals surface area contributed by atoms with E-state index in [-0.39, 0.29) is 0 Å². The Morgan fingerprint density at radius 3 is 2.30 bits per heavy atom. The molecule has 3 heteroatoms. The maximum Gasteiger partial charge on any atom is 0.334 e. The predicted molar refractivity (Wildman–Crippen MR) is 37.5 cm³/mol. The lowest BCUT2D eigenvalue weighted by molar-refractivity contribution is -0.153. The highest BCUT2D eigenvalue weighted by Crippen LogP contribution is 1.94. The average molecular weight is 146 g/mol. The summed E-state index contributed by atoms with van der Waals surface area (Å²) in [5.41, 5.74) is 0. The van der Waals surface area contributed by atoms with Crippen molar-refractivity contribution in [2.24, 2.45) is 5.92 Å². The number of hydrogen-bond donors (Lipinski definition) is 1. The van der Waals surface area contributed by atoms with E-state index in [0.717, 1.165) is 0 Å². The Bertz CT molecular complexity index is 107. The lowest BCUT2D eigenvalue weighted by atomic mass is 10.2. The van der Waals surface area contributed by atoms with Crippen LogP contribution >= 0.6 is 0 Å². The third-order valence-corrected chi connectivity index (χ3v) is 0.900. The number of ether oxygens (including phenoxy) is 1. The van der Waals surface area contributed by atoms with Gasteiger partial charge < -0.3 is 9.84 Å².